The number of aryl methyl sites for hydroxylation is 2. The average Bonchev–Trinajstić information content (AvgIpc) is 2.41. The van der Waals surface area contributed by atoms with Crippen LogP contribution in [0.15, 0.2) is 36.4 Å². The number of nitrogens with zero attached hydrogens (tertiary/aromatic N) is 2. The van der Waals surface area contributed by atoms with E-state index in [1.165, 1.54) is 30.3 Å². The third kappa shape index (κ3) is 4.98. The van der Waals surface area contributed by atoms with Crippen LogP contribution in [0.4, 0.5) is 11.4 Å². The van der Waals surface area contributed by atoms with Crippen LogP contribution in [0, 0.1) is 34.1 Å². The SMILES string of the molecule is Cc1cc(Cl)ccc1[N+](=O)[O-].Cc1cc([N+](=O)[O-])ccc1Cl. The van der Waals surface area contributed by atoms with Gasteiger partial charge in [-0.05, 0) is 37.6 Å². The highest BCUT2D eigenvalue weighted by Crippen LogP contribution is 2.21. The lowest BCUT2D eigenvalue weighted by molar-refractivity contribution is -0.385. The number of hydrogen-bond acceptors (Lipinski definition) is 4. The molecule has 0 bridgehead atoms. The third-order valence-electron chi connectivity index (χ3n) is 2.71. The Bertz CT molecular complexity index is 720. The second-order valence-electron chi connectivity index (χ2n) is 4.38. The molecular weight excluding hydrogens is 331 g/mol. The molecule has 0 saturated heterocycles. The van der Waals surface area contributed by atoms with E-state index in [4.69, 9.17) is 23.2 Å². The Balaban J connectivity index is 0.000000220. The van der Waals surface area contributed by atoms with Crippen LogP contribution in [0.5, 0.6) is 0 Å². The van der Waals surface area contributed by atoms with Crippen molar-refractivity contribution >= 4 is 34.6 Å². The number of nitro benzene ring substituents is 2. The van der Waals surface area contributed by atoms with Crippen molar-refractivity contribution in [3.63, 3.8) is 0 Å². The molecule has 0 unspecified atom stereocenters. The molecule has 0 heterocycles. The molecule has 0 aliphatic carbocycles. The van der Waals surface area contributed by atoms with E-state index in [1.807, 2.05) is 0 Å². The van der Waals surface area contributed by atoms with Gasteiger partial charge in [-0.15, -0.1) is 0 Å². The van der Waals surface area contributed by atoms with E-state index < -0.39 is 9.85 Å². The molecule has 8 heteroatoms. The summed E-state index contributed by atoms with van der Waals surface area (Å²) in [6.07, 6.45) is 0. The Hall–Kier alpha value is -2.18. The predicted molar refractivity (Wildman–Crippen MR) is 85.7 cm³/mol. The topological polar surface area (TPSA) is 86.3 Å². The van der Waals surface area contributed by atoms with Crippen LogP contribution < -0.4 is 0 Å². The number of benzene rings is 2. The zero-order valence-electron chi connectivity index (χ0n) is 11.7. The van der Waals surface area contributed by atoms with E-state index in [2.05, 4.69) is 0 Å². The molecule has 0 N–H and O–H groups in total. The highest BCUT2D eigenvalue weighted by atomic mass is 35.5. The molecule has 0 saturated carbocycles. The minimum Gasteiger partial charge on any atom is -0.258 e. The van der Waals surface area contributed by atoms with E-state index in [0.29, 0.717) is 15.6 Å². The van der Waals surface area contributed by atoms with Crippen LogP contribution in [0.3, 0.4) is 0 Å². The van der Waals surface area contributed by atoms with Gasteiger partial charge in [0.25, 0.3) is 11.4 Å². The lowest BCUT2D eigenvalue weighted by Gasteiger charge is -1.95. The summed E-state index contributed by atoms with van der Waals surface area (Å²) in [4.78, 5) is 19.7. The Morgan fingerprint density at radius 2 is 1.50 bits per heavy atom. The highest BCUT2D eigenvalue weighted by molar-refractivity contribution is 6.31. The van der Waals surface area contributed by atoms with Gasteiger partial charge in [-0.25, -0.2) is 0 Å². The van der Waals surface area contributed by atoms with Crippen LogP contribution in [0.2, 0.25) is 10.0 Å². The molecule has 0 fully saturated rings. The van der Waals surface area contributed by atoms with Crippen molar-refractivity contribution in [1.82, 2.24) is 0 Å². The summed E-state index contributed by atoms with van der Waals surface area (Å²) in [7, 11) is 0. The first-order valence-corrected chi connectivity index (χ1v) is 6.79. The summed E-state index contributed by atoms with van der Waals surface area (Å²) in [6.45, 7) is 3.39. The first-order valence-electron chi connectivity index (χ1n) is 6.03. The zero-order chi connectivity index (χ0) is 16.9. The highest BCUT2D eigenvalue weighted by Gasteiger charge is 2.08. The molecule has 0 atom stereocenters. The van der Waals surface area contributed by atoms with Crippen LogP contribution >= 0.6 is 23.2 Å². The van der Waals surface area contributed by atoms with Crippen LogP contribution in [0.25, 0.3) is 0 Å². The summed E-state index contributed by atoms with van der Waals surface area (Å²) in [5.74, 6) is 0. The normalized spacial score (nSPS) is 9.64. The van der Waals surface area contributed by atoms with Crippen molar-refractivity contribution in [2.45, 2.75) is 13.8 Å². The predicted octanol–water partition coefficient (Wildman–Crippen LogP) is 5.11. The molecular formula is C14H12Cl2N2O4. The van der Waals surface area contributed by atoms with Crippen molar-refractivity contribution in [3.05, 3.63) is 77.8 Å². The number of halogens is 2. The third-order valence-corrected chi connectivity index (χ3v) is 3.37. The number of nitro groups is 2. The first kappa shape index (κ1) is 17.9. The molecule has 2 aromatic rings. The average molecular weight is 343 g/mol. The standard InChI is InChI=1S/2C7H6ClNO2/c1-5-4-6(9(10)11)2-3-7(5)8;1-5-4-6(8)2-3-7(5)9(10)11/h2*2-4H,1H3. The van der Waals surface area contributed by atoms with Crippen LogP contribution in [0.1, 0.15) is 11.1 Å². The van der Waals surface area contributed by atoms with E-state index in [9.17, 15) is 20.2 Å². The van der Waals surface area contributed by atoms with E-state index in [-0.39, 0.29) is 11.4 Å². The molecule has 2 aromatic carbocycles. The quantitative estimate of drug-likeness (QED) is 0.560. The molecule has 0 aliphatic heterocycles. The molecule has 116 valence electrons. The van der Waals surface area contributed by atoms with E-state index >= 15 is 0 Å². The lowest BCUT2D eigenvalue weighted by Crippen LogP contribution is -1.90. The number of rotatable bonds is 2. The van der Waals surface area contributed by atoms with Gasteiger partial charge in [0.1, 0.15) is 0 Å². The van der Waals surface area contributed by atoms with Crippen molar-refractivity contribution in [2.24, 2.45) is 0 Å². The second-order valence-corrected chi connectivity index (χ2v) is 5.22. The Kier molecular flexibility index (Phi) is 6.27. The molecule has 22 heavy (non-hydrogen) atoms. The van der Waals surface area contributed by atoms with E-state index in [0.717, 1.165) is 5.56 Å². The summed E-state index contributed by atoms with van der Waals surface area (Å²) < 4.78 is 0. The minimum absolute atomic E-state index is 0.0758. The van der Waals surface area contributed by atoms with Gasteiger partial charge in [0.15, 0.2) is 0 Å². The van der Waals surface area contributed by atoms with Gasteiger partial charge in [-0.1, -0.05) is 23.2 Å². The van der Waals surface area contributed by atoms with Gasteiger partial charge < -0.3 is 0 Å². The lowest BCUT2D eigenvalue weighted by atomic mass is 10.2. The largest absolute Gasteiger partial charge is 0.272 e. The molecule has 0 spiro atoms. The van der Waals surface area contributed by atoms with Gasteiger partial charge in [0.2, 0.25) is 0 Å². The summed E-state index contributed by atoms with van der Waals surface area (Å²) in [6, 6.07) is 8.83. The van der Waals surface area contributed by atoms with Gasteiger partial charge in [0.05, 0.1) is 9.85 Å². The van der Waals surface area contributed by atoms with Gasteiger partial charge >= 0.3 is 0 Å². The maximum absolute atomic E-state index is 10.3. The fraction of sp³-hybridized carbons (Fsp3) is 0.143. The van der Waals surface area contributed by atoms with Gasteiger partial charge in [0, 0.05) is 33.8 Å². The van der Waals surface area contributed by atoms with Crippen LogP contribution in [-0.2, 0) is 0 Å². The Labute approximate surface area is 136 Å². The first-order chi connectivity index (χ1) is 10.2. The fourth-order valence-electron chi connectivity index (χ4n) is 1.57. The molecule has 0 radical (unpaired) electrons. The molecule has 0 amide bonds. The van der Waals surface area contributed by atoms with E-state index in [1.54, 1.807) is 19.9 Å². The van der Waals surface area contributed by atoms with Crippen molar-refractivity contribution < 1.29 is 9.85 Å². The smallest absolute Gasteiger partial charge is 0.258 e. The summed E-state index contributed by atoms with van der Waals surface area (Å²) >= 11 is 11.3. The number of hydrogen-bond donors (Lipinski definition) is 0. The number of non-ortho nitro benzene ring substituents is 1. The Morgan fingerprint density at radius 3 is 1.95 bits per heavy atom. The van der Waals surface area contributed by atoms with Crippen molar-refractivity contribution in [1.29, 1.82) is 0 Å². The van der Waals surface area contributed by atoms with Crippen LogP contribution in [-0.4, -0.2) is 9.85 Å². The van der Waals surface area contributed by atoms with Gasteiger partial charge in [-0.3, -0.25) is 20.2 Å². The zero-order valence-corrected chi connectivity index (χ0v) is 13.3. The second kappa shape index (κ2) is 7.72. The molecule has 0 aliphatic rings. The monoisotopic (exact) mass is 342 g/mol. The molecule has 2 rings (SSSR count). The fourth-order valence-corrected chi connectivity index (χ4v) is 1.91. The summed E-state index contributed by atoms with van der Waals surface area (Å²) in [5, 5.41) is 21.6. The maximum Gasteiger partial charge on any atom is 0.272 e. The van der Waals surface area contributed by atoms with Crippen molar-refractivity contribution in [2.75, 3.05) is 0 Å². The molecule has 6 nitrogen and oxygen atoms in total. The summed E-state index contributed by atoms with van der Waals surface area (Å²) in [5.41, 5.74) is 1.49. The van der Waals surface area contributed by atoms with Crippen molar-refractivity contribution in [3.8, 4) is 0 Å². The molecule has 0 aromatic heterocycles. The maximum atomic E-state index is 10.3. The minimum atomic E-state index is -0.441. The van der Waals surface area contributed by atoms with Gasteiger partial charge in [-0.2, -0.15) is 0 Å². The Morgan fingerprint density at radius 1 is 0.864 bits per heavy atom.